The van der Waals surface area contributed by atoms with Crippen LogP contribution in [0.5, 0.6) is 0 Å². The Morgan fingerprint density at radius 1 is 1.50 bits per heavy atom. The summed E-state index contributed by atoms with van der Waals surface area (Å²) in [7, 11) is -3.01. The zero-order valence-electron chi connectivity index (χ0n) is 7.17. The number of sulfonamides is 1. The first kappa shape index (κ1) is 10.2. The van der Waals surface area contributed by atoms with Crippen LogP contribution < -0.4 is 0 Å². The molecule has 0 aliphatic carbocycles. The quantitative estimate of drug-likeness (QED) is 0.707. The molecule has 1 rings (SSSR count). The Morgan fingerprint density at radius 3 is 2.50 bits per heavy atom. The van der Waals surface area contributed by atoms with Gasteiger partial charge in [-0.3, -0.25) is 0 Å². The Balaban J connectivity index is 2.81. The maximum atomic E-state index is 11.1. The predicted molar refractivity (Wildman–Crippen MR) is 52.7 cm³/mol. The van der Waals surface area contributed by atoms with Gasteiger partial charge in [-0.05, 0) is 13.3 Å². The summed E-state index contributed by atoms with van der Waals surface area (Å²) in [5, 5.41) is 0. The molecule has 0 bridgehead atoms. The SMILES string of the molecule is CC1=C(Br)CN(S(C)(=O)=O)CC1. The fourth-order valence-corrected chi connectivity index (χ4v) is 2.53. The van der Waals surface area contributed by atoms with E-state index >= 15 is 0 Å². The molecule has 1 heterocycles. The summed E-state index contributed by atoms with van der Waals surface area (Å²) in [6.45, 7) is 3.12. The molecule has 0 saturated heterocycles. The van der Waals surface area contributed by atoms with E-state index < -0.39 is 10.0 Å². The van der Waals surface area contributed by atoms with Gasteiger partial charge in [0, 0.05) is 17.6 Å². The lowest BCUT2D eigenvalue weighted by Crippen LogP contribution is -2.34. The van der Waals surface area contributed by atoms with Crippen molar-refractivity contribution >= 4 is 26.0 Å². The van der Waals surface area contributed by atoms with Crippen LogP contribution in [0.1, 0.15) is 13.3 Å². The van der Waals surface area contributed by atoms with Crippen molar-refractivity contribution in [3.05, 3.63) is 10.1 Å². The van der Waals surface area contributed by atoms with Crippen molar-refractivity contribution in [2.24, 2.45) is 0 Å². The van der Waals surface area contributed by atoms with Crippen LogP contribution in [0.4, 0.5) is 0 Å². The largest absolute Gasteiger partial charge is 0.212 e. The second-order valence-electron chi connectivity index (χ2n) is 3.03. The van der Waals surface area contributed by atoms with Gasteiger partial charge in [0.2, 0.25) is 10.0 Å². The van der Waals surface area contributed by atoms with Crippen LogP contribution in [-0.2, 0) is 10.0 Å². The normalized spacial score (nSPS) is 21.6. The number of hydrogen-bond acceptors (Lipinski definition) is 2. The molecule has 0 aromatic rings. The summed E-state index contributed by atoms with van der Waals surface area (Å²) in [4.78, 5) is 0. The molecular weight excluding hydrogens is 242 g/mol. The molecule has 0 saturated carbocycles. The van der Waals surface area contributed by atoms with E-state index in [1.54, 1.807) is 0 Å². The highest BCUT2D eigenvalue weighted by Gasteiger charge is 2.21. The van der Waals surface area contributed by atoms with Crippen LogP contribution in [0.25, 0.3) is 0 Å². The molecule has 0 aromatic heterocycles. The summed E-state index contributed by atoms with van der Waals surface area (Å²) in [6, 6.07) is 0. The minimum atomic E-state index is -3.01. The predicted octanol–water partition coefficient (Wildman–Crippen LogP) is 1.32. The van der Waals surface area contributed by atoms with Gasteiger partial charge in [-0.2, -0.15) is 4.31 Å². The van der Waals surface area contributed by atoms with E-state index in [1.807, 2.05) is 6.92 Å². The van der Waals surface area contributed by atoms with Gasteiger partial charge < -0.3 is 0 Å². The van der Waals surface area contributed by atoms with Crippen LogP contribution in [0.3, 0.4) is 0 Å². The van der Waals surface area contributed by atoms with Crippen molar-refractivity contribution in [2.75, 3.05) is 19.3 Å². The zero-order chi connectivity index (χ0) is 9.35. The van der Waals surface area contributed by atoms with Crippen LogP contribution in [-0.4, -0.2) is 32.1 Å². The van der Waals surface area contributed by atoms with E-state index in [0.717, 1.165) is 10.9 Å². The van der Waals surface area contributed by atoms with Gasteiger partial charge in [0.15, 0.2) is 0 Å². The third-order valence-corrected chi connectivity index (χ3v) is 4.16. The Hall–Kier alpha value is 0.130. The van der Waals surface area contributed by atoms with Gasteiger partial charge >= 0.3 is 0 Å². The summed E-state index contributed by atoms with van der Waals surface area (Å²) in [5.41, 5.74) is 1.25. The molecule has 1 aliphatic rings. The fraction of sp³-hybridized carbons (Fsp3) is 0.714. The third-order valence-electron chi connectivity index (χ3n) is 1.98. The Bertz CT molecular complexity index is 307. The van der Waals surface area contributed by atoms with Crippen molar-refractivity contribution < 1.29 is 8.42 Å². The molecule has 5 heteroatoms. The monoisotopic (exact) mass is 253 g/mol. The van der Waals surface area contributed by atoms with Crippen molar-refractivity contribution in [1.29, 1.82) is 0 Å². The summed E-state index contributed by atoms with van der Waals surface area (Å²) < 4.78 is 24.7. The second-order valence-corrected chi connectivity index (χ2v) is 5.97. The second kappa shape index (κ2) is 3.47. The number of rotatable bonds is 1. The van der Waals surface area contributed by atoms with Gasteiger partial charge in [0.1, 0.15) is 0 Å². The lowest BCUT2D eigenvalue weighted by Gasteiger charge is -2.25. The van der Waals surface area contributed by atoms with Crippen molar-refractivity contribution in [1.82, 2.24) is 4.31 Å². The van der Waals surface area contributed by atoms with E-state index in [-0.39, 0.29) is 0 Å². The Labute approximate surface area is 81.6 Å². The summed E-state index contributed by atoms with van der Waals surface area (Å²) in [5.74, 6) is 0. The van der Waals surface area contributed by atoms with Gasteiger partial charge in [-0.1, -0.05) is 21.5 Å². The molecular formula is C7H12BrNO2S. The number of nitrogens with zero attached hydrogens (tertiary/aromatic N) is 1. The molecule has 0 fully saturated rings. The van der Waals surface area contributed by atoms with Gasteiger partial charge in [-0.15, -0.1) is 0 Å². The molecule has 0 spiro atoms. The molecule has 1 aliphatic heterocycles. The van der Waals surface area contributed by atoms with E-state index in [9.17, 15) is 8.42 Å². The topological polar surface area (TPSA) is 37.4 Å². The molecule has 70 valence electrons. The average molecular weight is 254 g/mol. The molecule has 0 aromatic carbocycles. The van der Waals surface area contributed by atoms with Gasteiger partial charge in [0.05, 0.1) is 6.26 Å². The lowest BCUT2D eigenvalue weighted by atomic mass is 10.1. The highest BCUT2D eigenvalue weighted by molar-refractivity contribution is 9.11. The van der Waals surface area contributed by atoms with Crippen LogP contribution in [0.2, 0.25) is 0 Å². The van der Waals surface area contributed by atoms with Crippen LogP contribution >= 0.6 is 15.9 Å². The maximum absolute atomic E-state index is 11.1. The fourth-order valence-electron chi connectivity index (χ4n) is 1.08. The van der Waals surface area contributed by atoms with Crippen molar-refractivity contribution in [3.8, 4) is 0 Å². The Kier molecular flexibility index (Phi) is 2.96. The first-order valence-corrected chi connectivity index (χ1v) is 6.34. The lowest BCUT2D eigenvalue weighted by molar-refractivity contribution is 0.433. The minimum Gasteiger partial charge on any atom is -0.212 e. The van der Waals surface area contributed by atoms with Crippen LogP contribution in [0.15, 0.2) is 10.1 Å². The molecule has 0 amide bonds. The van der Waals surface area contributed by atoms with E-state index in [2.05, 4.69) is 15.9 Å². The highest BCUT2D eigenvalue weighted by Crippen LogP contribution is 2.23. The zero-order valence-corrected chi connectivity index (χ0v) is 9.57. The van der Waals surface area contributed by atoms with E-state index in [4.69, 9.17) is 0 Å². The number of hydrogen-bond donors (Lipinski definition) is 0. The first-order chi connectivity index (χ1) is 5.41. The highest BCUT2D eigenvalue weighted by atomic mass is 79.9. The van der Waals surface area contributed by atoms with Gasteiger partial charge in [-0.25, -0.2) is 8.42 Å². The maximum Gasteiger partial charge on any atom is 0.211 e. The molecule has 0 radical (unpaired) electrons. The summed E-state index contributed by atoms with van der Waals surface area (Å²) >= 11 is 3.36. The molecule has 0 atom stereocenters. The number of halogens is 1. The van der Waals surface area contributed by atoms with Crippen LogP contribution in [0, 0.1) is 0 Å². The molecule has 3 nitrogen and oxygen atoms in total. The average Bonchev–Trinajstić information content (AvgIpc) is 1.92. The third kappa shape index (κ3) is 2.31. The van der Waals surface area contributed by atoms with Crippen molar-refractivity contribution in [2.45, 2.75) is 13.3 Å². The Morgan fingerprint density at radius 2 is 2.08 bits per heavy atom. The molecule has 0 N–H and O–H groups in total. The van der Waals surface area contributed by atoms with E-state index in [0.29, 0.717) is 13.1 Å². The summed E-state index contributed by atoms with van der Waals surface area (Å²) in [6.07, 6.45) is 2.07. The van der Waals surface area contributed by atoms with Crippen molar-refractivity contribution in [3.63, 3.8) is 0 Å². The standard InChI is InChI=1S/C7H12BrNO2S/c1-6-3-4-9(5-7(6)8)12(2,10)11/h3-5H2,1-2H3. The molecule has 0 unspecified atom stereocenters. The molecule has 12 heavy (non-hydrogen) atoms. The smallest absolute Gasteiger partial charge is 0.211 e. The van der Waals surface area contributed by atoms with E-state index in [1.165, 1.54) is 16.1 Å². The minimum absolute atomic E-state index is 0.491. The van der Waals surface area contributed by atoms with Gasteiger partial charge in [0.25, 0.3) is 0 Å². The first-order valence-electron chi connectivity index (χ1n) is 3.70.